The second kappa shape index (κ2) is 5.46. The normalized spacial score (nSPS) is 10.5. The van der Waals surface area contributed by atoms with Gasteiger partial charge in [-0.2, -0.15) is 5.10 Å². The third-order valence-corrected chi connectivity index (χ3v) is 3.91. The Morgan fingerprint density at radius 1 is 1.10 bits per heavy atom. The molecule has 0 amide bonds. The summed E-state index contributed by atoms with van der Waals surface area (Å²) < 4.78 is 1.49. The third-order valence-electron chi connectivity index (χ3n) is 3.09. The van der Waals surface area contributed by atoms with Crippen LogP contribution in [0.15, 0.2) is 54.6 Å². The highest BCUT2D eigenvalue weighted by Gasteiger charge is 2.15. The van der Waals surface area contributed by atoms with E-state index in [0.29, 0.717) is 10.6 Å². The van der Waals surface area contributed by atoms with Gasteiger partial charge in [0.2, 0.25) is 10.6 Å². The number of nitrogens with one attached hydrogen (secondary N) is 1. The highest BCUT2D eigenvalue weighted by molar-refractivity contribution is 7.11. The first kappa shape index (κ1) is 13.5. The lowest BCUT2D eigenvalue weighted by Gasteiger charge is -2.00. The molecule has 3 rings (SSSR count). The van der Waals surface area contributed by atoms with E-state index in [2.05, 4.69) is 5.10 Å². The van der Waals surface area contributed by atoms with E-state index >= 15 is 0 Å². The van der Waals surface area contributed by atoms with Crippen LogP contribution in [0.3, 0.4) is 0 Å². The number of carbonyl (C=O) groups is 1. The largest absolute Gasteiger partial charge is 0.286 e. The monoisotopic (exact) mass is 295 g/mol. The summed E-state index contributed by atoms with van der Waals surface area (Å²) in [4.78, 5) is 12.6. The van der Waals surface area contributed by atoms with Crippen molar-refractivity contribution in [3.63, 3.8) is 0 Å². The van der Waals surface area contributed by atoms with Gasteiger partial charge in [0, 0.05) is 5.56 Å². The Bertz CT molecular complexity index is 832. The molecular weight excluding hydrogens is 282 g/mol. The highest BCUT2D eigenvalue weighted by Crippen LogP contribution is 2.12. The summed E-state index contributed by atoms with van der Waals surface area (Å²) in [5.41, 5.74) is 2.51. The van der Waals surface area contributed by atoms with Crippen molar-refractivity contribution < 1.29 is 4.79 Å². The topological polar surface area (TPSA) is 58.7 Å². The fraction of sp³-hybridized carbons (Fsp3) is 0.0625. The molecule has 1 heterocycles. The zero-order valence-electron chi connectivity index (χ0n) is 11.4. The van der Waals surface area contributed by atoms with Crippen LogP contribution in [-0.4, -0.2) is 15.6 Å². The molecule has 5 heteroatoms. The second-order valence-corrected chi connectivity index (χ2v) is 5.63. The van der Waals surface area contributed by atoms with Gasteiger partial charge in [0.1, 0.15) is 0 Å². The lowest BCUT2D eigenvalue weighted by Crippen LogP contribution is -2.12. The van der Waals surface area contributed by atoms with Crippen molar-refractivity contribution in [1.82, 2.24) is 9.78 Å². The van der Waals surface area contributed by atoms with Gasteiger partial charge in [-0.3, -0.25) is 10.2 Å². The van der Waals surface area contributed by atoms with Gasteiger partial charge in [-0.1, -0.05) is 59.4 Å². The van der Waals surface area contributed by atoms with Crippen molar-refractivity contribution in [2.75, 3.05) is 0 Å². The van der Waals surface area contributed by atoms with Crippen LogP contribution in [0.25, 0.3) is 5.69 Å². The summed E-state index contributed by atoms with van der Waals surface area (Å²) >= 11 is 1.09. The predicted octanol–water partition coefficient (Wildman–Crippen LogP) is 2.95. The van der Waals surface area contributed by atoms with Crippen molar-refractivity contribution in [3.8, 4) is 5.69 Å². The maximum Gasteiger partial charge on any atom is 0.223 e. The Morgan fingerprint density at radius 3 is 2.43 bits per heavy atom. The maximum atomic E-state index is 12.3. The minimum atomic E-state index is -0.153. The molecule has 0 aliphatic heterocycles. The van der Waals surface area contributed by atoms with Crippen molar-refractivity contribution in [2.24, 2.45) is 0 Å². The average Bonchev–Trinajstić information content (AvgIpc) is 2.90. The quantitative estimate of drug-likeness (QED) is 0.755. The Hall–Kier alpha value is -2.53. The average molecular weight is 295 g/mol. The highest BCUT2D eigenvalue weighted by atomic mass is 32.1. The van der Waals surface area contributed by atoms with E-state index in [1.54, 1.807) is 12.1 Å². The maximum absolute atomic E-state index is 12.3. The van der Waals surface area contributed by atoms with Crippen LogP contribution in [-0.2, 0) is 0 Å². The Balaban J connectivity index is 2.00. The molecule has 0 atom stereocenters. The summed E-state index contributed by atoms with van der Waals surface area (Å²) in [6.07, 6.45) is 0. The van der Waals surface area contributed by atoms with Crippen molar-refractivity contribution in [2.45, 2.75) is 6.92 Å². The standard InChI is InChI=1S/C16H13N3OS/c1-11-7-9-13(10-8-11)19-16(17)21-15(18-19)14(20)12-5-3-2-4-6-12/h2-10,17H,1H3. The van der Waals surface area contributed by atoms with E-state index in [1.165, 1.54) is 4.68 Å². The number of carbonyl (C=O) groups excluding carboxylic acids is 1. The van der Waals surface area contributed by atoms with Gasteiger partial charge in [-0.15, -0.1) is 0 Å². The minimum absolute atomic E-state index is 0.153. The first-order chi connectivity index (χ1) is 10.1. The van der Waals surface area contributed by atoms with Gasteiger partial charge in [-0.05, 0) is 19.1 Å². The van der Waals surface area contributed by atoms with E-state index < -0.39 is 0 Å². The van der Waals surface area contributed by atoms with Crippen LogP contribution in [0.1, 0.15) is 20.9 Å². The lowest BCUT2D eigenvalue weighted by atomic mass is 10.1. The molecule has 2 aromatic carbocycles. The first-order valence-electron chi connectivity index (χ1n) is 6.47. The Morgan fingerprint density at radius 2 is 1.76 bits per heavy atom. The molecule has 0 fully saturated rings. The van der Waals surface area contributed by atoms with Gasteiger partial charge >= 0.3 is 0 Å². The molecule has 4 nitrogen and oxygen atoms in total. The van der Waals surface area contributed by atoms with E-state index in [4.69, 9.17) is 5.41 Å². The lowest BCUT2D eigenvalue weighted by molar-refractivity contribution is 0.103. The van der Waals surface area contributed by atoms with Gasteiger partial charge < -0.3 is 0 Å². The molecule has 0 bridgehead atoms. The van der Waals surface area contributed by atoms with Crippen molar-refractivity contribution >= 4 is 17.1 Å². The molecule has 0 aliphatic carbocycles. The molecule has 0 spiro atoms. The van der Waals surface area contributed by atoms with E-state index in [1.807, 2.05) is 49.4 Å². The number of hydrogen-bond acceptors (Lipinski definition) is 4. The van der Waals surface area contributed by atoms with Crippen LogP contribution in [0, 0.1) is 12.3 Å². The molecule has 3 aromatic rings. The molecular formula is C16H13N3OS. The first-order valence-corrected chi connectivity index (χ1v) is 7.28. The van der Waals surface area contributed by atoms with Crippen LogP contribution in [0.5, 0.6) is 0 Å². The fourth-order valence-corrected chi connectivity index (χ4v) is 2.71. The van der Waals surface area contributed by atoms with Gasteiger partial charge in [-0.25, -0.2) is 4.68 Å². The predicted molar refractivity (Wildman–Crippen MR) is 81.9 cm³/mol. The van der Waals surface area contributed by atoms with Crippen LogP contribution < -0.4 is 4.80 Å². The van der Waals surface area contributed by atoms with E-state index in [9.17, 15) is 4.79 Å². The van der Waals surface area contributed by atoms with Gasteiger partial charge in [0.25, 0.3) is 0 Å². The van der Waals surface area contributed by atoms with Gasteiger partial charge in [0.05, 0.1) is 5.69 Å². The third kappa shape index (κ3) is 2.68. The summed E-state index contributed by atoms with van der Waals surface area (Å²) in [7, 11) is 0. The molecule has 1 aromatic heterocycles. The molecule has 104 valence electrons. The number of nitrogens with zero attached hydrogens (tertiary/aromatic N) is 2. The van der Waals surface area contributed by atoms with E-state index in [0.717, 1.165) is 22.6 Å². The summed E-state index contributed by atoms with van der Waals surface area (Å²) in [5.74, 6) is -0.153. The van der Waals surface area contributed by atoms with E-state index in [-0.39, 0.29) is 10.6 Å². The smallest absolute Gasteiger partial charge is 0.223 e. The van der Waals surface area contributed by atoms with Gasteiger partial charge in [0.15, 0.2) is 5.01 Å². The molecule has 0 unspecified atom stereocenters. The minimum Gasteiger partial charge on any atom is -0.286 e. The zero-order valence-corrected chi connectivity index (χ0v) is 12.2. The number of ketones is 1. The van der Waals surface area contributed by atoms with Crippen LogP contribution in [0.2, 0.25) is 0 Å². The molecule has 0 aliphatic rings. The SMILES string of the molecule is Cc1ccc(-n2nc(C(=O)c3ccccc3)sc2=N)cc1. The van der Waals surface area contributed by atoms with Crippen molar-refractivity contribution in [1.29, 1.82) is 5.41 Å². The Kier molecular flexibility index (Phi) is 3.50. The van der Waals surface area contributed by atoms with Crippen LogP contribution in [0.4, 0.5) is 0 Å². The summed E-state index contributed by atoms with van der Waals surface area (Å²) in [6, 6.07) is 16.7. The second-order valence-electron chi connectivity index (χ2n) is 4.65. The fourth-order valence-electron chi connectivity index (χ4n) is 1.96. The number of aromatic nitrogens is 2. The summed E-state index contributed by atoms with van der Waals surface area (Å²) in [5, 5.41) is 12.6. The molecule has 0 saturated heterocycles. The van der Waals surface area contributed by atoms with Crippen molar-refractivity contribution in [3.05, 3.63) is 75.5 Å². The zero-order chi connectivity index (χ0) is 14.8. The number of aryl methyl sites for hydroxylation is 1. The number of hydrogen-bond donors (Lipinski definition) is 1. The Labute approximate surface area is 125 Å². The van der Waals surface area contributed by atoms with Crippen LogP contribution >= 0.6 is 11.3 Å². The number of benzene rings is 2. The molecule has 0 radical (unpaired) electrons. The molecule has 1 N–H and O–H groups in total. The number of rotatable bonds is 3. The summed E-state index contributed by atoms with van der Waals surface area (Å²) in [6.45, 7) is 2.00. The molecule has 21 heavy (non-hydrogen) atoms. The molecule has 0 saturated carbocycles.